The topological polar surface area (TPSA) is 37.4 Å². The number of amides is 1. The molecule has 22 heavy (non-hydrogen) atoms. The van der Waals surface area contributed by atoms with Gasteiger partial charge in [-0.1, -0.05) is 48.0 Å². The van der Waals surface area contributed by atoms with Gasteiger partial charge in [0.1, 0.15) is 5.25 Å². The Morgan fingerprint density at radius 1 is 1.14 bits per heavy atom. The summed E-state index contributed by atoms with van der Waals surface area (Å²) in [6.07, 6.45) is 0. The second kappa shape index (κ2) is 7.36. The minimum Gasteiger partial charge on any atom is -0.314 e. The third kappa shape index (κ3) is 4.04. The van der Waals surface area contributed by atoms with E-state index in [1.807, 2.05) is 61.5 Å². The molecule has 0 bridgehead atoms. The van der Waals surface area contributed by atoms with Gasteiger partial charge in [0.25, 0.3) is 0 Å². The lowest BCUT2D eigenvalue weighted by molar-refractivity contribution is -0.117. The molecule has 0 radical (unpaired) electrons. The Labute approximate surface area is 134 Å². The number of carbonyl (C=O) groups is 1. The molecular weight excluding hydrogens is 294 g/mol. The first-order chi connectivity index (χ1) is 10.5. The van der Waals surface area contributed by atoms with Gasteiger partial charge in [-0.05, 0) is 31.5 Å². The van der Waals surface area contributed by atoms with Crippen LogP contribution >= 0.6 is 0 Å². The van der Waals surface area contributed by atoms with Gasteiger partial charge in [-0.15, -0.1) is 0 Å². The lowest BCUT2D eigenvalue weighted by Gasteiger charge is -2.21. The predicted octanol–water partition coefficient (Wildman–Crippen LogP) is 3.30. The zero-order valence-electron chi connectivity index (χ0n) is 13.2. The number of benzene rings is 2. The highest BCUT2D eigenvalue weighted by molar-refractivity contribution is 7.85. The number of rotatable bonds is 5. The number of anilines is 1. The molecule has 0 aromatic heterocycles. The molecule has 4 heteroatoms. The van der Waals surface area contributed by atoms with Crippen molar-refractivity contribution in [3.63, 3.8) is 0 Å². The Balaban J connectivity index is 2.05. The van der Waals surface area contributed by atoms with Crippen molar-refractivity contribution in [2.24, 2.45) is 0 Å². The first kappa shape index (κ1) is 16.4. The van der Waals surface area contributed by atoms with Crippen molar-refractivity contribution in [1.82, 2.24) is 0 Å². The fourth-order valence-corrected chi connectivity index (χ4v) is 3.40. The normalized spacial score (nSPS) is 13.4. The molecule has 0 fully saturated rings. The van der Waals surface area contributed by atoms with E-state index < -0.39 is 16.0 Å². The van der Waals surface area contributed by atoms with Crippen LogP contribution in [0.2, 0.25) is 0 Å². The molecule has 2 aromatic rings. The first-order valence-electron chi connectivity index (χ1n) is 7.24. The molecule has 0 saturated carbocycles. The molecule has 0 aliphatic carbocycles. The maximum atomic E-state index is 12.5. The van der Waals surface area contributed by atoms with Gasteiger partial charge in [-0.25, -0.2) is 0 Å². The molecule has 0 heterocycles. The lowest BCUT2D eigenvalue weighted by atomic mass is 10.2. The monoisotopic (exact) mass is 315 g/mol. The van der Waals surface area contributed by atoms with Gasteiger partial charge >= 0.3 is 0 Å². The summed E-state index contributed by atoms with van der Waals surface area (Å²) in [6.45, 7) is 3.73. The van der Waals surface area contributed by atoms with E-state index in [2.05, 4.69) is 0 Å². The van der Waals surface area contributed by atoms with E-state index in [0.29, 0.717) is 5.75 Å². The fraction of sp³-hybridized carbons (Fsp3) is 0.278. The second-order valence-electron chi connectivity index (χ2n) is 5.39. The summed E-state index contributed by atoms with van der Waals surface area (Å²) in [5, 5.41) is -0.536. The van der Waals surface area contributed by atoms with Crippen LogP contribution in [0.3, 0.4) is 0 Å². The van der Waals surface area contributed by atoms with Crippen molar-refractivity contribution >= 4 is 22.4 Å². The summed E-state index contributed by atoms with van der Waals surface area (Å²) in [6, 6.07) is 17.3. The second-order valence-corrected chi connectivity index (χ2v) is 7.15. The van der Waals surface area contributed by atoms with Crippen molar-refractivity contribution in [1.29, 1.82) is 0 Å². The van der Waals surface area contributed by atoms with Gasteiger partial charge in [0, 0.05) is 29.3 Å². The summed E-state index contributed by atoms with van der Waals surface area (Å²) in [7, 11) is 0.481. The molecule has 0 saturated heterocycles. The van der Waals surface area contributed by atoms with Crippen LogP contribution in [-0.4, -0.2) is 22.4 Å². The van der Waals surface area contributed by atoms with E-state index in [1.165, 1.54) is 0 Å². The first-order valence-corrected chi connectivity index (χ1v) is 8.62. The highest BCUT2D eigenvalue weighted by Gasteiger charge is 2.24. The van der Waals surface area contributed by atoms with Crippen LogP contribution < -0.4 is 4.90 Å². The summed E-state index contributed by atoms with van der Waals surface area (Å²) in [5.74, 6) is 0.272. The van der Waals surface area contributed by atoms with E-state index in [-0.39, 0.29) is 5.91 Å². The van der Waals surface area contributed by atoms with Crippen LogP contribution in [0.1, 0.15) is 18.1 Å². The van der Waals surface area contributed by atoms with E-state index in [0.717, 1.165) is 16.8 Å². The molecule has 2 aromatic carbocycles. The van der Waals surface area contributed by atoms with Gasteiger partial charge in [0.15, 0.2) is 0 Å². The Morgan fingerprint density at radius 3 is 2.45 bits per heavy atom. The summed E-state index contributed by atoms with van der Waals surface area (Å²) >= 11 is 0. The Bertz CT molecular complexity index is 670. The van der Waals surface area contributed by atoms with Crippen LogP contribution in [0.15, 0.2) is 54.6 Å². The highest BCUT2D eigenvalue weighted by Crippen LogP contribution is 2.16. The number of aryl methyl sites for hydroxylation is 1. The summed E-state index contributed by atoms with van der Waals surface area (Å²) < 4.78 is 12.5. The predicted molar refractivity (Wildman–Crippen MR) is 92.3 cm³/mol. The Kier molecular flexibility index (Phi) is 5.50. The number of nitrogens with zero attached hydrogens (tertiary/aromatic N) is 1. The number of hydrogen-bond acceptors (Lipinski definition) is 2. The van der Waals surface area contributed by atoms with Crippen molar-refractivity contribution in [3.05, 3.63) is 65.7 Å². The minimum atomic E-state index is -1.24. The summed E-state index contributed by atoms with van der Waals surface area (Å²) in [4.78, 5) is 14.0. The van der Waals surface area contributed by atoms with Crippen LogP contribution in [-0.2, 0) is 21.3 Å². The minimum absolute atomic E-state index is 0.128. The summed E-state index contributed by atoms with van der Waals surface area (Å²) in [5.41, 5.74) is 2.95. The van der Waals surface area contributed by atoms with Gasteiger partial charge in [0.2, 0.25) is 5.91 Å². The molecule has 0 N–H and O–H groups in total. The van der Waals surface area contributed by atoms with Crippen LogP contribution in [0.4, 0.5) is 5.69 Å². The maximum absolute atomic E-state index is 12.5. The standard InChI is InChI=1S/C18H21NO2S/c1-14-8-7-9-16(12-14)13-22(21)15(2)18(20)19(3)17-10-5-4-6-11-17/h4-12,15H,13H2,1-3H3/t15-,22-/m0/s1. The third-order valence-electron chi connectivity index (χ3n) is 3.61. The molecular formula is C18H21NO2S. The molecule has 0 aliphatic heterocycles. The number of hydrogen-bond donors (Lipinski definition) is 0. The quantitative estimate of drug-likeness (QED) is 0.849. The van der Waals surface area contributed by atoms with Gasteiger partial charge in [-0.2, -0.15) is 0 Å². The number of para-hydroxylation sites is 1. The van der Waals surface area contributed by atoms with Gasteiger partial charge in [-0.3, -0.25) is 9.00 Å². The van der Waals surface area contributed by atoms with Gasteiger partial charge < -0.3 is 4.90 Å². The fourth-order valence-electron chi connectivity index (χ4n) is 2.26. The number of carbonyl (C=O) groups excluding carboxylic acids is 1. The average molecular weight is 315 g/mol. The molecule has 116 valence electrons. The zero-order chi connectivity index (χ0) is 16.1. The zero-order valence-corrected chi connectivity index (χ0v) is 14.0. The van der Waals surface area contributed by atoms with Gasteiger partial charge in [0.05, 0.1) is 0 Å². The van der Waals surface area contributed by atoms with E-state index >= 15 is 0 Å². The molecule has 0 aliphatic rings. The van der Waals surface area contributed by atoms with Crippen LogP contribution in [0.25, 0.3) is 0 Å². The van der Waals surface area contributed by atoms with E-state index in [1.54, 1.807) is 18.9 Å². The molecule has 1 amide bonds. The molecule has 2 rings (SSSR count). The van der Waals surface area contributed by atoms with Crippen molar-refractivity contribution < 1.29 is 9.00 Å². The highest BCUT2D eigenvalue weighted by atomic mass is 32.2. The van der Waals surface area contributed by atoms with Crippen molar-refractivity contribution in [3.8, 4) is 0 Å². The maximum Gasteiger partial charge on any atom is 0.242 e. The van der Waals surface area contributed by atoms with Crippen LogP contribution in [0, 0.1) is 6.92 Å². The average Bonchev–Trinajstić information content (AvgIpc) is 2.53. The molecule has 0 unspecified atom stereocenters. The Hall–Kier alpha value is -1.94. The molecule has 0 spiro atoms. The Morgan fingerprint density at radius 2 is 1.82 bits per heavy atom. The van der Waals surface area contributed by atoms with E-state index in [9.17, 15) is 9.00 Å². The van der Waals surface area contributed by atoms with Crippen molar-refractivity contribution in [2.45, 2.75) is 24.9 Å². The molecule has 2 atom stereocenters. The van der Waals surface area contributed by atoms with Crippen LogP contribution in [0.5, 0.6) is 0 Å². The van der Waals surface area contributed by atoms with Crippen molar-refractivity contribution in [2.75, 3.05) is 11.9 Å². The third-order valence-corrected chi connectivity index (χ3v) is 5.22. The SMILES string of the molecule is Cc1cccc(C[S@](=O)[C@@H](C)C(=O)N(C)c2ccccc2)c1. The molecule has 3 nitrogen and oxygen atoms in total. The lowest BCUT2D eigenvalue weighted by Crippen LogP contribution is -2.37. The largest absolute Gasteiger partial charge is 0.314 e. The van der Waals surface area contributed by atoms with E-state index in [4.69, 9.17) is 0 Å². The smallest absolute Gasteiger partial charge is 0.242 e.